The lowest BCUT2D eigenvalue weighted by atomic mass is 10.1. The largest absolute Gasteiger partial charge is 0.358 e. The number of halogens is 1. The number of anilines is 1. The molecule has 2 rings (SSSR count). The predicted octanol–water partition coefficient (Wildman–Crippen LogP) is 2.56. The van der Waals surface area contributed by atoms with E-state index in [1.165, 1.54) is 6.42 Å². The Hall–Kier alpha value is -1.36. The lowest BCUT2D eigenvalue weighted by molar-refractivity contribution is -0.132. The van der Waals surface area contributed by atoms with Crippen LogP contribution in [0.3, 0.4) is 0 Å². The first-order valence-electron chi connectivity index (χ1n) is 7.05. The Morgan fingerprint density at radius 2 is 1.90 bits per heavy atom. The second-order valence-electron chi connectivity index (χ2n) is 5.29. The van der Waals surface area contributed by atoms with Crippen molar-refractivity contribution < 1.29 is 4.79 Å². The van der Waals surface area contributed by atoms with E-state index in [1.54, 1.807) is 6.92 Å². The minimum absolute atomic E-state index is 0.122. The molecule has 0 radical (unpaired) electrons. The molecule has 110 valence electrons. The molecule has 0 saturated carbocycles. The van der Waals surface area contributed by atoms with Gasteiger partial charge in [0.25, 0.3) is 0 Å². The van der Waals surface area contributed by atoms with Gasteiger partial charge in [0.05, 0.1) is 0 Å². The highest BCUT2D eigenvalue weighted by Gasteiger charge is 2.23. The van der Waals surface area contributed by atoms with Crippen LogP contribution in [-0.2, 0) is 4.79 Å². The summed E-state index contributed by atoms with van der Waals surface area (Å²) in [5, 5.41) is 3.59. The first-order valence-corrected chi connectivity index (χ1v) is 7.43. The number of hydrogen-bond acceptors (Lipinski definition) is 4. The van der Waals surface area contributed by atoms with E-state index in [2.05, 4.69) is 15.3 Å². The average Bonchev–Trinajstić information content (AvgIpc) is 2.44. The van der Waals surface area contributed by atoms with Gasteiger partial charge in [0.1, 0.15) is 22.8 Å². The molecule has 0 spiro atoms. The molecule has 6 heteroatoms. The van der Waals surface area contributed by atoms with E-state index < -0.39 is 0 Å². The van der Waals surface area contributed by atoms with Gasteiger partial charge in [-0.2, -0.15) is 0 Å². The number of piperidine rings is 1. The molecular formula is C14H21ClN4O. The summed E-state index contributed by atoms with van der Waals surface area (Å²) in [7, 11) is 0. The maximum absolute atomic E-state index is 12.4. The van der Waals surface area contributed by atoms with Gasteiger partial charge >= 0.3 is 0 Å². The molecular weight excluding hydrogens is 276 g/mol. The molecule has 1 amide bonds. The monoisotopic (exact) mass is 296 g/mol. The van der Waals surface area contributed by atoms with E-state index in [9.17, 15) is 4.79 Å². The molecule has 0 aromatic carbocycles. The van der Waals surface area contributed by atoms with E-state index in [0.29, 0.717) is 16.8 Å². The van der Waals surface area contributed by atoms with Gasteiger partial charge in [-0.3, -0.25) is 4.79 Å². The van der Waals surface area contributed by atoms with Gasteiger partial charge in [-0.25, -0.2) is 9.97 Å². The maximum atomic E-state index is 12.4. The lowest BCUT2D eigenvalue weighted by Gasteiger charge is -2.29. The van der Waals surface area contributed by atoms with Crippen LogP contribution in [0.5, 0.6) is 0 Å². The molecule has 1 unspecified atom stereocenters. The summed E-state index contributed by atoms with van der Waals surface area (Å²) < 4.78 is 0. The molecule has 1 aromatic rings. The molecule has 0 aliphatic carbocycles. The van der Waals surface area contributed by atoms with Crippen molar-refractivity contribution in [1.82, 2.24) is 14.9 Å². The molecule has 1 aliphatic rings. The SMILES string of the molecule is Cc1nc(Cl)c(C)c(NC(C)C(=O)N2CCCCC2)n1. The molecule has 1 fully saturated rings. The van der Waals surface area contributed by atoms with Crippen LogP contribution in [0.25, 0.3) is 0 Å². The third-order valence-corrected chi connectivity index (χ3v) is 3.96. The van der Waals surface area contributed by atoms with Gasteiger partial charge < -0.3 is 10.2 Å². The highest BCUT2D eigenvalue weighted by Crippen LogP contribution is 2.21. The van der Waals surface area contributed by atoms with Crippen LogP contribution in [0.15, 0.2) is 0 Å². The zero-order valence-corrected chi connectivity index (χ0v) is 13.0. The van der Waals surface area contributed by atoms with Crippen LogP contribution < -0.4 is 5.32 Å². The molecule has 0 bridgehead atoms. The molecule has 20 heavy (non-hydrogen) atoms. The van der Waals surface area contributed by atoms with E-state index >= 15 is 0 Å². The smallest absolute Gasteiger partial charge is 0.244 e. The highest BCUT2D eigenvalue weighted by molar-refractivity contribution is 6.30. The van der Waals surface area contributed by atoms with Crippen LogP contribution in [-0.4, -0.2) is 39.9 Å². The number of nitrogens with one attached hydrogen (secondary N) is 1. The Kier molecular flexibility index (Phi) is 4.81. The van der Waals surface area contributed by atoms with E-state index in [-0.39, 0.29) is 11.9 Å². The Morgan fingerprint density at radius 1 is 1.25 bits per heavy atom. The van der Waals surface area contributed by atoms with Crippen molar-refractivity contribution in [3.05, 3.63) is 16.5 Å². The van der Waals surface area contributed by atoms with Crippen molar-refractivity contribution in [3.63, 3.8) is 0 Å². The predicted molar refractivity (Wildman–Crippen MR) is 80.0 cm³/mol. The normalized spacial score (nSPS) is 16.9. The van der Waals surface area contributed by atoms with E-state index in [4.69, 9.17) is 11.6 Å². The molecule has 1 atom stereocenters. The Labute approximate surface area is 124 Å². The summed E-state index contributed by atoms with van der Waals surface area (Å²) in [6, 6.07) is -0.308. The van der Waals surface area contributed by atoms with Crippen molar-refractivity contribution in [2.75, 3.05) is 18.4 Å². The number of aryl methyl sites for hydroxylation is 1. The third-order valence-electron chi connectivity index (χ3n) is 3.59. The van der Waals surface area contributed by atoms with Gasteiger partial charge in [-0.15, -0.1) is 0 Å². The first kappa shape index (κ1) is 15.0. The number of likely N-dealkylation sites (tertiary alicyclic amines) is 1. The number of amides is 1. The first-order chi connectivity index (χ1) is 9.49. The molecule has 1 N–H and O–H groups in total. The number of carbonyl (C=O) groups excluding carboxylic acids is 1. The number of carbonyl (C=O) groups is 1. The second kappa shape index (κ2) is 6.39. The molecule has 1 aliphatic heterocycles. The van der Waals surface area contributed by atoms with E-state index in [0.717, 1.165) is 31.5 Å². The summed E-state index contributed by atoms with van der Waals surface area (Å²) in [6.45, 7) is 7.21. The number of rotatable bonds is 3. The summed E-state index contributed by atoms with van der Waals surface area (Å²) in [4.78, 5) is 22.7. The summed E-state index contributed by atoms with van der Waals surface area (Å²) >= 11 is 6.04. The van der Waals surface area contributed by atoms with Gasteiger partial charge in [0.2, 0.25) is 5.91 Å². The Bertz CT molecular complexity index is 500. The van der Waals surface area contributed by atoms with Crippen LogP contribution in [0, 0.1) is 13.8 Å². The van der Waals surface area contributed by atoms with Gasteiger partial charge in [0.15, 0.2) is 0 Å². The number of hydrogen-bond donors (Lipinski definition) is 1. The van der Waals surface area contributed by atoms with Crippen LogP contribution in [0.2, 0.25) is 5.15 Å². The summed E-state index contributed by atoms with van der Waals surface area (Å²) in [5.41, 5.74) is 0.774. The minimum atomic E-state index is -0.308. The van der Waals surface area contributed by atoms with Crippen molar-refractivity contribution in [1.29, 1.82) is 0 Å². The van der Waals surface area contributed by atoms with Crippen LogP contribution in [0.1, 0.15) is 37.6 Å². The molecule has 5 nitrogen and oxygen atoms in total. The van der Waals surface area contributed by atoms with Gasteiger partial charge in [-0.05, 0) is 40.0 Å². The van der Waals surface area contributed by atoms with Crippen LogP contribution >= 0.6 is 11.6 Å². The Morgan fingerprint density at radius 3 is 2.55 bits per heavy atom. The summed E-state index contributed by atoms with van der Waals surface area (Å²) in [6.07, 6.45) is 3.40. The third kappa shape index (κ3) is 3.39. The fraction of sp³-hybridized carbons (Fsp3) is 0.643. The minimum Gasteiger partial charge on any atom is -0.358 e. The van der Waals surface area contributed by atoms with Crippen LogP contribution in [0.4, 0.5) is 5.82 Å². The van der Waals surface area contributed by atoms with Gasteiger partial charge in [-0.1, -0.05) is 11.6 Å². The molecule has 1 saturated heterocycles. The molecule has 1 aromatic heterocycles. The lowest BCUT2D eigenvalue weighted by Crippen LogP contribution is -2.44. The van der Waals surface area contributed by atoms with Crippen molar-refractivity contribution in [2.24, 2.45) is 0 Å². The quantitative estimate of drug-likeness (QED) is 0.871. The molecule has 2 heterocycles. The second-order valence-corrected chi connectivity index (χ2v) is 5.65. The zero-order chi connectivity index (χ0) is 14.7. The Balaban J connectivity index is 2.07. The van der Waals surface area contributed by atoms with Crippen molar-refractivity contribution in [2.45, 2.75) is 46.1 Å². The van der Waals surface area contributed by atoms with E-state index in [1.807, 2.05) is 18.7 Å². The topological polar surface area (TPSA) is 58.1 Å². The highest BCUT2D eigenvalue weighted by atomic mass is 35.5. The van der Waals surface area contributed by atoms with Crippen molar-refractivity contribution in [3.8, 4) is 0 Å². The maximum Gasteiger partial charge on any atom is 0.244 e. The number of nitrogens with zero attached hydrogens (tertiary/aromatic N) is 3. The average molecular weight is 297 g/mol. The fourth-order valence-electron chi connectivity index (χ4n) is 2.39. The fourth-order valence-corrected chi connectivity index (χ4v) is 2.60. The van der Waals surface area contributed by atoms with Gasteiger partial charge in [0, 0.05) is 18.7 Å². The number of aromatic nitrogens is 2. The summed E-state index contributed by atoms with van der Waals surface area (Å²) in [5.74, 6) is 1.36. The standard InChI is InChI=1S/C14H21ClN4O/c1-9-12(15)17-11(3)18-13(9)16-10(2)14(20)19-7-5-4-6-8-19/h10H,4-8H2,1-3H3,(H,16,17,18). The van der Waals surface area contributed by atoms with Crippen molar-refractivity contribution >= 4 is 23.3 Å². The zero-order valence-electron chi connectivity index (χ0n) is 12.2.